The standard InChI is InChI=1S/C15H39NO9Si5/c1-18-30(19-2,20-3)14-9-11-16-15(17)21-12-10-13-29(8)24-27(5)22-26(4)23-28(6,7)25-29/h26-27H,9-14H2,1-8H3,(H,16,17). The maximum Gasteiger partial charge on any atom is 0.500 e. The second-order valence-corrected chi connectivity index (χ2v) is 22.4. The van der Waals surface area contributed by atoms with Crippen LogP contribution in [0.4, 0.5) is 4.79 Å². The van der Waals surface area contributed by atoms with E-state index in [1.165, 1.54) is 0 Å². The van der Waals surface area contributed by atoms with E-state index in [1.54, 1.807) is 21.3 Å². The number of carbonyl (C=O) groups excluding carboxylic acids is 1. The highest BCUT2D eigenvalue weighted by Crippen LogP contribution is 2.26. The van der Waals surface area contributed by atoms with Crippen molar-refractivity contribution < 1.29 is 39.3 Å². The summed E-state index contributed by atoms with van der Waals surface area (Å²) in [5, 5.41) is 2.74. The minimum Gasteiger partial charge on any atom is -0.450 e. The van der Waals surface area contributed by atoms with Gasteiger partial charge in [-0.2, -0.15) is 0 Å². The quantitative estimate of drug-likeness (QED) is 0.325. The molecule has 3 atom stereocenters. The number of alkyl carbamates (subject to hydrolysis) is 1. The topological polar surface area (TPSA) is 103 Å². The number of hydrogen-bond acceptors (Lipinski definition) is 9. The zero-order valence-electron chi connectivity index (χ0n) is 19.6. The number of rotatable bonds is 11. The average molecular weight is 518 g/mol. The van der Waals surface area contributed by atoms with E-state index in [4.69, 9.17) is 34.5 Å². The van der Waals surface area contributed by atoms with Crippen molar-refractivity contribution in [2.75, 3.05) is 34.5 Å². The molecule has 15 heteroatoms. The third-order valence-corrected chi connectivity index (χ3v) is 22.4. The van der Waals surface area contributed by atoms with Crippen LogP contribution < -0.4 is 5.32 Å². The largest absolute Gasteiger partial charge is 0.500 e. The first-order valence-corrected chi connectivity index (χ1v) is 21.7. The monoisotopic (exact) mass is 517 g/mol. The molecule has 0 bridgehead atoms. The SMILES string of the molecule is CO[Si](CCCNC(=O)OCCC[Si]1(C)O[SiH](C)O[SiH](C)O[Si](C)(C)O1)(OC)OC. The smallest absolute Gasteiger partial charge is 0.450 e. The zero-order chi connectivity index (χ0) is 22.8. The normalized spacial score (nSPS) is 27.2. The summed E-state index contributed by atoms with van der Waals surface area (Å²) in [4.78, 5) is 11.9. The van der Waals surface area contributed by atoms with Crippen LogP contribution in [0.1, 0.15) is 12.8 Å². The number of amides is 1. The molecule has 0 aromatic rings. The second-order valence-electron chi connectivity index (χ2n) is 7.71. The first-order valence-electron chi connectivity index (χ1n) is 10.3. The fourth-order valence-corrected chi connectivity index (χ4v) is 21.8. The Hall–Kier alpha value is 0.0744. The van der Waals surface area contributed by atoms with Crippen LogP contribution in [0.15, 0.2) is 0 Å². The number of hydrogen-bond donors (Lipinski definition) is 1. The Bertz CT molecular complexity index is 520. The van der Waals surface area contributed by atoms with Gasteiger partial charge < -0.3 is 39.8 Å². The van der Waals surface area contributed by atoms with Crippen molar-refractivity contribution in [1.29, 1.82) is 0 Å². The Kier molecular flexibility index (Phi) is 12.1. The highest BCUT2D eigenvalue weighted by Gasteiger charge is 2.44. The van der Waals surface area contributed by atoms with Crippen LogP contribution in [0.3, 0.4) is 0 Å². The second kappa shape index (κ2) is 12.9. The van der Waals surface area contributed by atoms with E-state index >= 15 is 0 Å². The summed E-state index contributed by atoms with van der Waals surface area (Å²) in [7, 11) is -6.08. The third-order valence-electron chi connectivity index (χ3n) is 4.58. The Labute approximate surface area is 187 Å². The molecule has 0 aromatic heterocycles. The van der Waals surface area contributed by atoms with Crippen molar-refractivity contribution in [1.82, 2.24) is 5.32 Å². The van der Waals surface area contributed by atoms with E-state index in [1.807, 2.05) is 32.7 Å². The van der Waals surface area contributed by atoms with Crippen molar-refractivity contribution in [2.45, 2.75) is 57.7 Å². The van der Waals surface area contributed by atoms with Gasteiger partial charge in [0.1, 0.15) is 0 Å². The first kappa shape index (κ1) is 28.1. The lowest BCUT2D eigenvalue weighted by atomic mass is 10.5. The summed E-state index contributed by atoms with van der Waals surface area (Å²) < 4.78 is 46.1. The van der Waals surface area contributed by atoms with Crippen LogP contribution in [0.5, 0.6) is 0 Å². The third kappa shape index (κ3) is 10.1. The van der Waals surface area contributed by atoms with Crippen LogP contribution in [0, 0.1) is 0 Å². The lowest BCUT2D eigenvalue weighted by Gasteiger charge is -2.41. The molecule has 3 unspecified atom stereocenters. The van der Waals surface area contributed by atoms with Crippen LogP contribution in [-0.2, 0) is 34.5 Å². The van der Waals surface area contributed by atoms with Gasteiger partial charge in [-0.15, -0.1) is 0 Å². The maximum absolute atomic E-state index is 11.9. The Morgan fingerprint density at radius 2 is 1.60 bits per heavy atom. The molecule has 1 saturated heterocycles. The van der Waals surface area contributed by atoms with Crippen molar-refractivity contribution >= 4 is 50.6 Å². The Morgan fingerprint density at radius 3 is 2.20 bits per heavy atom. The fourth-order valence-electron chi connectivity index (χ4n) is 3.41. The van der Waals surface area contributed by atoms with Gasteiger partial charge in [0.15, 0.2) is 0 Å². The molecule has 0 radical (unpaired) electrons. The molecule has 1 amide bonds. The molecule has 1 N–H and O–H groups in total. The molecule has 0 aromatic carbocycles. The van der Waals surface area contributed by atoms with E-state index in [0.717, 1.165) is 6.04 Å². The van der Waals surface area contributed by atoms with Crippen LogP contribution >= 0.6 is 0 Å². The lowest BCUT2D eigenvalue weighted by molar-refractivity contribution is 0.122. The highest BCUT2D eigenvalue weighted by atomic mass is 28.5. The van der Waals surface area contributed by atoms with Crippen LogP contribution in [0.2, 0.25) is 44.8 Å². The zero-order valence-corrected chi connectivity index (χ0v) is 24.9. The molecule has 1 heterocycles. The van der Waals surface area contributed by atoms with E-state index in [-0.39, 0.29) is 0 Å². The summed E-state index contributed by atoms with van der Waals surface area (Å²) in [5.74, 6) is 0. The molecule has 10 nitrogen and oxygen atoms in total. The Morgan fingerprint density at radius 1 is 1.00 bits per heavy atom. The maximum atomic E-state index is 11.9. The van der Waals surface area contributed by atoms with Crippen molar-refractivity contribution in [3.63, 3.8) is 0 Å². The summed E-state index contributed by atoms with van der Waals surface area (Å²) in [5.41, 5.74) is 0. The molecular formula is C15H39NO9Si5. The minimum atomic E-state index is -2.60. The molecule has 0 aliphatic carbocycles. The highest BCUT2D eigenvalue weighted by molar-refractivity contribution is 6.86. The molecular weight excluding hydrogens is 479 g/mol. The van der Waals surface area contributed by atoms with E-state index in [0.29, 0.717) is 32.0 Å². The average Bonchev–Trinajstić information content (AvgIpc) is 2.63. The molecule has 0 saturated carbocycles. The first-order chi connectivity index (χ1) is 14.0. The molecule has 1 aliphatic heterocycles. The van der Waals surface area contributed by atoms with Crippen LogP contribution in [0.25, 0.3) is 0 Å². The van der Waals surface area contributed by atoms with Gasteiger partial charge in [0.2, 0.25) is 0 Å². The van der Waals surface area contributed by atoms with Crippen LogP contribution in [-0.4, -0.2) is 85.1 Å². The predicted molar refractivity (Wildman–Crippen MR) is 124 cm³/mol. The number of ether oxygens (including phenoxy) is 1. The molecule has 0 spiro atoms. The molecule has 1 aliphatic rings. The van der Waals surface area contributed by atoms with Gasteiger partial charge in [-0.1, -0.05) is 0 Å². The number of carbonyl (C=O) groups is 1. The summed E-state index contributed by atoms with van der Waals surface area (Å²) in [6, 6.07) is 1.34. The molecule has 30 heavy (non-hydrogen) atoms. The van der Waals surface area contributed by atoms with E-state index < -0.39 is 50.6 Å². The fraction of sp³-hybridized carbons (Fsp3) is 0.933. The van der Waals surface area contributed by atoms with Gasteiger partial charge in [-0.05, 0) is 51.6 Å². The van der Waals surface area contributed by atoms with Gasteiger partial charge in [-0.25, -0.2) is 4.79 Å². The van der Waals surface area contributed by atoms with Crippen molar-refractivity contribution in [3.05, 3.63) is 0 Å². The molecule has 1 rings (SSSR count). The van der Waals surface area contributed by atoms with Gasteiger partial charge in [0.25, 0.3) is 18.6 Å². The van der Waals surface area contributed by atoms with Gasteiger partial charge in [-0.3, -0.25) is 0 Å². The molecule has 178 valence electrons. The van der Waals surface area contributed by atoms with E-state index in [2.05, 4.69) is 5.32 Å². The summed E-state index contributed by atoms with van der Waals surface area (Å²) in [6.07, 6.45) is 0.902. The van der Waals surface area contributed by atoms with Gasteiger partial charge in [0, 0.05) is 33.9 Å². The lowest BCUT2D eigenvalue weighted by Crippen LogP contribution is -2.58. The summed E-state index contributed by atoms with van der Waals surface area (Å²) >= 11 is 0. The van der Waals surface area contributed by atoms with E-state index in [9.17, 15) is 4.79 Å². The molecule has 1 fully saturated rings. The summed E-state index contributed by atoms with van der Waals surface area (Å²) in [6.45, 7) is 10.9. The number of nitrogens with one attached hydrogen (secondary N) is 1. The van der Waals surface area contributed by atoms with Gasteiger partial charge >= 0.3 is 32.0 Å². The van der Waals surface area contributed by atoms with Gasteiger partial charge in [0.05, 0.1) is 6.61 Å². The van der Waals surface area contributed by atoms with Crippen molar-refractivity contribution in [3.8, 4) is 0 Å². The Balaban J connectivity index is 2.33. The minimum absolute atomic E-state index is 0.304. The van der Waals surface area contributed by atoms with Crippen molar-refractivity contribution in [2.24, 2.45) is 0 Å². The predicted octanol–water partition coefficient (Wildman–Crippen LogP) is 1.93.